The molecule has 0 aliphatic carbocycles. The van der Waals surface area contributed by atoms with E-state index in [1.807, 2.05) is 22.9 Å². The van der Waals surface area contributed by atoms with Gasteiger partial charge in [0.15, 0.2) is 5.65 Å². The molecule has 0 radical (unpaired) electrons. The number of anilines is 3. The fourth-order valence-electron chi connectivity index (χ4n) is 3.45. The molecule has 0 atom stereocenters. The highest BCUT2D eigenvalue weighted by atomic mass is 15.4. The lowest BCUT2D eigenvalue weighted by Crippen LogP contribution is -2.28. The Labute approximate surface area is 161 Å². The SMILES string of the molecule is C=Cc1ccc(Nc2nc3ccnn3c(N(CCC)CCC)c2C)c(C)c1. The first-order valence-electron chi connectivity index (χ1n) is 9.68. The first kappa shape index (κ1) is 19.0. The third-order valence-electron chi connectivity index (χ3n) is 4.77. The summed E-state index contributed by atoms with van der Waals surface area (Å²) >= 11 is 0. The molecular formula is C22H29N5. The minimum atomic E-state index is 0.857. The molecule has 1 N–H and O–H groups in total. The molecule has 5 nitrogen and oxygen atoms in total. The molecule has 0 fully saturated rings. The highest BCUT2D eigenvalue weighted by molar-refractivity contribution is 5.71. The maximum Gasteiger partial charge on any atom is 0.159 e. The lowest BCUT2D eigenvalue weighted by Gasteiger charge is -2.27. The number of benzene rings is 1. The number of rotatable bonds is 8. The zero-order valence-electron chi connectivity index (χ0n) is 16.8. The predicted molar refractivity (Wildman–Crippen MR) is 115 cm³/mol. The van der Waals surface area contributed by atoms with Crippen molar-refractivity contribution in [2.45, 2.75) is 40.5 Å². The van der Waals surface area contributed by atoms with Gasteiger partial charge in [-0.05, 0) is 49.9 Å². The summed E-state index contributed by atoms with van der Waals surface area (Å²) in [4.78, 5) is 7.23. The lowest BCUT2D eigenvalue weighted by molar-refractivity contribution is 0.712. The number of fused-ring (bicyclic) bond motifs is 1. The van der Waals surface area contributed by atoms with Crippen molar-refractivity contribution in [3.63, 3.8) is 0 Å². The summed E-state index contributed by atoms with van der Waals surface area (Å²) in [7, 11) is 0. The van der Waals surface area contributed by atoms with E-state index in [-0.39, 0.29) is 0 Å². The van der Waals surface area contributed by atoms with Gasteiger partial charge in [-0.25, -0.2) is 4.98 Å². The Bertz CT molecular complexity index is 935. The second-order valence-corrected chi connectivity index (χ2v) is 6.90. The zero-order chi connectivity index (χ0) is 19.4. The van der Waals surface area contributed by atoms with Crippen LogP contribution in [-0.2, 0) is 0 Å². The molecule has 2 heterocycles. The third kappa shape index (κ3) is 3.82. The number of hydrogen-bond donors (Lipinski definition) is 1. The fraction of sp³-hybridized carbons (Fsp3) is 0.364. The van der Waals surface area contributed by atoms with Crippen molar-refractivity contribution in [3.8, 4) is 0 Å². The van der Waals surface area contributed by atoms with Gasteiger partial charge in [0, 0.05) is 30.4 Å². The molecule has 3 aromatic rings. The highest BCUT2D eigenvalue weighted by Gasteiger charge is 2.18. The number of aromatic nitrogens is 3. The molecule has 0 spiro atoms. The van der Waals surface area contributed by atoms with Crippen LogP contribution in [0.1, 0.15) is 43.4 Å². The first-order chi connectivity index (χ1) is 13.1. The van der Waals surface area contributed by atoms with E-state index in [9.17, 15) is 0 Å². The van der Waals surface area contributed by atoms with E-state index < -0.39 is 0 Å². The molecule has 142 valence electrons. The average Bonchev–Trinajstić information content (AvgIpc) is 3.11. The van der Waals surface area contributed by atoms with Crippen LogP contribution in [0.5, 0.6) is 0 Å². The summed E-state index contributed by atoms with van der Waals surface area (Å²) < 4.78 is 1.96. The summed E-state index contributed by atoms with van der Waals surface area (Å²) in [6.45, 7) is 14.5. The molecule has 27 heavy (non-hydrogen) atoms. The summed E-state index contributed by atoms with van der Waals surface area (Å²) in [5, 5.41) is 8.07. The van der Waals surface area contributed by atoms with Gasteiger partial charge in [-0.2, -0.15) is 9.61 Å². The number of nitrogens with zero attached hydrogens (tertiary/aromatic N) is 4. The first-order valence-corrected chi connectivity index (χ1v) is 9.68. The van der Waals surface area contributed by atoms with E-state index in [0.717, 1.165) is 60.0 Å². The molecule has 0 unspecified atom stereocenters. The second kappa shape index (κ2) is 8.25. The van der Waals surface area contributed by atoms with Crippen LogP contribution in [0.25, 0.3) is 11.7 Å². The smallest absolute Gasteiger partial charge is 0.159 e. The van der Waals surface area contributed by atoms with Crippen molar-refractivity contribution in [1.29, 1.82) is 0 Å². The molecule has 2 aromatic heterocycles. The van der Waals surface area contributed by atoms with E-state index in [0.29, 0.717) is 0 Å². The van der Waals surface area contributed by atoms with Gasteiger partial charge in [-0.1, -0.05) is 32.6 Å². The maximum absolute atomic E-state index is 4.82. The van der Waals surface area contributed by atoms with Crippen LogP contribution < -0.4 is 10.2 Å². The van der Waals surface area contributed by atoms with Crippen LogP contribution in [0, 0.1) is 13.8 Å². The van der Waals surface area contributed by atoms with Crippen molar-refractivity contribution >= 4 is 29.0 Å². The van der Waals surface area contributed by atoms with Gasteiger partial charge >= 0.3 is 0 Å². The van der Waals surface area contributed by atoms with E-state index in [1.54, 1.807) is 0 Å². The third-order valence-corrected chi connectivity index (χ3v) is 4.77. The minimum Gasteiger partial charge on any atom is -0.356 e. The Hall–Kier alpha value is -2.82. The second-order valence-electron chi connectivity index (χ2n) is 6.90. The van der Waals surface area contributed by atoms with Crippen molar-refractivity contribution in [2.75, 3.05) is 23.3 Å². The summed E-state index contributed by atoms with van der Waals surface area (Å²) in [6.07, 6.45) is 5.87. The molecule has 0 saturated carbocycles. The van der Waals surface area contributed by atoms with Gasteiger partial charge in [0.05, 0.1) is 6.20 Å². The monoisotopic (exact) mass is 363 g/mol. The Kier molecular flexibility index (Phi) is 5.79. The van der Waals surface area contributed by atoms with Crippen molar-refractivity contribution in [2.24, 2.45) is 0 Å². The summed E-state index contributed by atoms with van der Waals surface area (Å²) in [6, 6.07) is 8.24. The van der Waals surface area contributed by atoms with Gasteiger partial charge in [-0.3, -0.25) is 0 Å². The molecule has 0 aliphatic rings. The van der Waals surface area contributed by atoms with Gasteiger partial charge in [0.1, 0.15) is 11.6 Å². The largest absolute Gasteiger partial charge is 0.356 e. The van der Waals surface area contributed by atoms with Crippen LogP contribution in [0.2, 0.25) is 0 Å². The molecule has 1 aromatic carbocycles. The molecule has 0 saturated heterocycles. The maximum atomic E-state index is 4.82. The molecule has 0 aliphatic heterocycles. The number of nitrogens with one attached hydrogen (secondary N) is 1. The number of hydrogen-bond acceptors (Lipinski definition) is 4. The predicted octanol–water partition coefficient (Wildman–Crippen LogP) is 5.36. The van der Waals surface area contributed by atoms with Crippen LogP contribution in [-0.4, -0.2) is 27.7 Å². The zero-order valence-corrected chi connectivity index (χ0v) is 16.8. The van der Waals surface area contributed by atoms with Crippen LogP contribution in [0.15, 0.2) is 37.0 Å². The van der Waals surface area contributed by atoms with Crippen molar-refractivity contribution in [1.82, 2.24) is 14.6 Å². The fourth-order valence-corrected chi connectivity index (χ4v) is 3.45. The number of aryl methyl sites for hydroxylation is 1. The van der Waals surface area contributed by atoms with E-state index in [2.05, 4.69) is 67.8 Å². The van der Waals surface area contributed by atoms with Gasteiger partial charge in [0.2, 0.25) is 0 Å². The van der Waals surface area contributed by atoms with E-state index in [1.165, 1.54) is 5.56 Å². The molecule has 0 bridgehead atoms. The Morgan fingerprint density at radius 2 is 1.89 bits per heavy atom. The molecular weight excluding hydrogens is 334 g/mol. The van der Waals surface area contributed by atoms with Crippen LogP contribution >= 0.6 is 0 Å². The van der Waals surface area contributed by atoms with E-state index >= 15 is 0 Å². The van der Waals surface area contributed by atoms with E-state index in [4.69, 9.17) is 4.98 Å². The molecule has 0 amide bonds. The Morgan fingerprint density at radius 3 is 2.52 bits per heavy atom. The van der Waals surface area contributed by atoms with Gasteiger partial charge in [0.25, 0.3) is 0 Å². The minimum absolute atomic E-state index is 0.857. The Balaban J connectivity index is 2.08. The lowest BCUT2D eigenvalue weighted by atomic mass is 10.1. The highest BCUT2D eigenvalue weighted by Crippen LogP contribution is 2.30. The van der Waals surface area contributed by atoms with Gasteiger partial charge < -0.3 is 10.2 Å². The van der Waals surface area contributed by atoms with Gasteiger partial charge in [-0.15, -0.1) is 0 Å². The quantitative estimate of drug-likeness (QED) is 0.585. The van der Waals surface area contributed by atoms with Crippen molar-refractivity contribution in [3.05, 3.63) is 53.7 Å². The molecule has 3 rings (SSSR count). The van der Waals surface area contributed by atoms with Crippen LogP contribution in [0.3, 0.4) is 0 Å². The normalized spacial score (nSPS) is 11.0. The summed E-state index contributed by atoms with van der Waals surface area (Å²) in [5.74, 6) is 2.00. The van der Waals surface area contributed by atoms with Crippen molar-refractivity contribution < 1.29 is 0 Å². The Morgan fingerprint density at radius 1 is 1.15 bits per heavy atom. The molecule has 5 heteroatoms. The van der Waals surface area contributed by atoms with Crippen LogP contribution in [0.4, 0.5) is 17.3 Å². The summed E-state index contributed by atoms with van der Waals surface area (Å²) in [5.41, 5.74) is 5.31. The average molecular weight is 364 g/mol. The topological polar surface area (TPSA) is 45.5 Å². The standard InChI is InChI=1S/C22H29N5/c1-6-13-26(14-7-2)22-17(5)21(25-20-11-12-23-27(20)22)24-19-10-9-18(8-3)15-16(19)4/h8-12,15H,3,6-7,13-14H2,1-2,4-5H3,(H,24,25).